The Kier molecular flexibility index (Phi) is 7.05. The molecule has 1 fully saturated rings. The van der Waals surface area contributed by atoms with Crippen LogP contribution in [0.2, 0.25) is 0 Å². The van der Waals surface area contributed by atoms with Crippen molar-refractivity contribution in [2.24, 2.45) is 5.92 Å². The van der Waals surface area contributed by atoms with Gasteiger partial charge in [-0.25, -0.2) is 8.42 Å². The molecule has 0 aliphatic carbocycles. The second kappa shape index (κ2) is 9.73. The number of sulfonamides is 1. The quantitative estimate of drug-likeness (QED) is 0.708. The molecule has 0 radical (unpaired) electrons. The Bertz CT molecular complexity index is 1120. The van der Waals surface area contributed by atoms with E-state index in [1.807, 2.05) is 12.1 Å². The van der Waals surface area contributed by atoms with Crippen LogP contribution in [0.25, 0.3) is 0 Å². The Morgan fingerprint density at radius 3 is 2.52 bits per heavy atom. The molecule has 162 valence electrons. The van der Waals surface area contributed by atoms with Crippen LogP contribution in [0.1, 0.15) is 34.3 Å². The van der Waals surface area contributed by atoms with Crippen molar-refractivity contribution >= 4 is 21.8 Å². The molecule has 0 atom stereocenters. The van der Waals surface area contributed by atoms with Gasteiger partial charge in [-0.3, -0.25) is 9.59 Å². The fraction of sp³-hybridized carbons (Fsp3) is 0.318. The molecule has 3 rings (SSSR count). The second-order valence-electron chi connectivity index (χ2n) is 7.28. The Morgan fingerprint density at radius 1 is 1.13 bits per heavy atom. The van der Waals surface area contributed by atoms with Crippen LogP contribution < -0.4 is 10.6 Å². The minimum atomic E-state index is -3.78. The molecule has 2 aromatic carbocycles. The molecule has 0 aromatic heterocycles. The minimum Gasteiger partial charge on any atom is -0.355 e. The van der Waals surface area contributed by atoms with E-state index >= 15 is 0 Å². The summed E-state index contributed by atoms with van der Waals surface area (Å²) < 4.78 is 27.1. The Balaban J connectivity index is 1.58. The van der Waals surface area contributed by atoms with Gasteiger partial charge in [-0.2, -0.15) is 9.57 Å². The molecular formula is C22H24N4O4S. The van der Waals surface area contributed by atoms with Gasteiger partial charge in [0, 0.05) is 38.2 Å². The molecule has 0 saturated carbocycles. The van der Waals surface area contributed by atoms with Gasteiger partial charge >= 0.3 is 0 Å². The molecule has 1 aliphatic heterocycles. The Morgan fingerprint density at radius 2 is 1.84 bits per heavy atom. The summed E-state index contributed by atoms with van der Waals surface area (Å²) in [6.45, 7) is 0.719. The Hall–Kier alpha value is -3.22. The van der Waals surface area contributed by atoms with Crippen LogP contribution in [0.3, 0.4) is 0 Å². The van der Waals surface area contributed by atoms with Gasteiger partial charge in [-0.1, -0.05) is 24.3 Å². The van der Waals surface area contributed by atoms with Gasteiger partial charge in [0.25, 0.3) is 5.91 Å². The number of rotatable bonds is 6. The van der Waals surface area contributed by atoms with E-state index in [4.69, 9.17) is 0 Å². The lowest BCUT2D eigenvalue weighted by Crippen LogP contribution is -2.43. The van der Waals surface area contributed by atoms with Crippen LogP contribution in [-0.2, 0) is 21.4 Å². The maximum atomic E-state index is 12.9. The summed E-state index contributed by atoms with van der Waals surface area (Å²) in [6, 6.07) is 15.1. The number of piperidine rings is 1. The van der Waals surface area contributed by atoms with E-state index in [0.29, 0.717) is 18.4 Å². The summed E-state index contributed by atoms with van der Waals surface area (Å²) in [5, 5.41) is 14.6. The predicted molar refractivity (Wildman–Crippen MR) is 114 cm³/mol. The van der Waals surface area contributed by atoms with E-state index in [1.54, 1.807) is 37.4 Å². The lowest BCUT2D eigenvalue weighted by molar-refractivity contribution is -0.126. The van der Waals surface area contributed by atoms with Crippen LogP contribution in [0, 0.1) is 17.2 Å². The molecule has 2 amide bonds. The van der Waals surface area contributed by atoms with Crippen LogP contribution in [0.15, 0.2) is 53.4 Å². The molecule has 2 aromatic rings. The molecule has 0 bridgehead atoms. The zero-order valence-corrected chi connectivity index (χ0v) is 18.0. The highest BCUT2D eigenvalue weighted by Gasteiger charge is 2.33. The number of nitrogens with one attached hydrogen (secondary N) is 2. The highest BCUT2D eigenvalue weighted by atomic mass is 32.2. The lowest BCUT2D eigenvalue weighted by atomic mass is 9.97. The van der Waals surface area contributed by atoms with Crippen molar-refractivity contribution in [3.05, 3.63) is 65.2 Å². The second-order valence-corrected chi connectivity index (χ2v) is 9.19. The first-order chi connectivity index (χ1) is 14.9. The highest BCUT2D eigenvalue weighted by molar-refractivity contribution is 7.89. The van der Waals surface area contributed by atoms with E-state index in [0.717, 1.165) is 5.56 Å². The van der Waals surface area contributed by atoms with Gasteiger partial charge in [0.2, 0.25) is 15.9 Å². The number of hydrogen-bond acceptors (Lipinski definition) is 5. The maximum Gasteiger partial charge on any atom is 0.251 e. The maximum absolute atomic E-state index is 12.9. The van der Waals surface area contributed by atoms with E-state index in [9.17, 15) is 23.3 Å². The van der Waals surface area contributed by atoms with Crippen molar-refractivity contribution in [1.29, 1.82) is 5.26 Å². The average Bonchev–Trinajstić information content (AvgIpc) is 2.82. The number of amides is 2. The third-order valence-corrected chi connectivity index (χ3v) is 7.29. The molecule has 9 heteroatoms. The number of benzene rings is 2. The third-order valence-electron chi connectivity index (χ3n) is 5.33. The van der Waals surface area contributed by atoms with Crippen molar-refractivity contribution < 1.29 is 18.0 Å². The zero-order valence-electron chi connectivity index (χ0n) is 17.2. The van der Waals surface area contributed by atoms with Gasteiger partial charge in [-0.15, -0.1) is 0 Å². The van der Waals surface area contributed by atoms with E-state index in [2.05, 4.69) is 10.6 Å². The summed E-state index contributed by atoms with van der Waals surface area (Å²) in [4.78, 5) is 24.3. The molecule has 0 spiro atoms. The van der Waals surface area contributed by atoms with E-state index in [1.165, 1.54) is 16.4 Å². The van der Waals surface area contributed by atoms with Crippen LogP contribution in [0.5, 0.6) is 0 Å². The SMILES string of the molecule is CNC(=O)c1cccc(CNC(=O)C2CCN(S(=O)(=O)c3ccccc3C#N)CC2)c1. The minimum absolute atomic E-state index is 0.00333. The molecule has 0 unspecified atom stereocenters. The van der Waals surface area contributed by atoms with Crippen molar-refractivity contribution in [2.75, 3.05) is 20.1 Å². The molecule has 1 saturated heterocycles. The van der Waals surface area contributed by atoms with Gasteiger partial charge in [-0.05, 0) is 42.7 Å². The van der Waals surface area contributed by atoms with E-state index in [-0.39, 0.29) is 47.8 Å². The first kappa shape index (κ1) is 22.5. The molecular weight excluding hydrogens is 416 g/mol. The number of nitriles is 1. The standard InChI is InChI=1S/C22H24N4O4S/c1-24-21(27)18-7-4-5-16(13-18)15-25-22(28)17-9-11-26(12-10-17)31(29,30)20-8-3-2-6-19(20)14-23/h2-8,13,17H,9-12,15H2,1H3,(H,24,27)(H,25,28). The van der Waals surface area contributed by atoms with Crippen LogP contribution in [0.4, 0.5) is 0 Å². The average molecular weight is 441 g/mol. The van der Waals surface area contributed by atoms with Crippen LogP contribution >= 0.6 is 0 Å². The zero-order chi connectivity index (χ0) is 22.4. The predicted octanol–water partition coefficient (Wildman–Crippen LogP) is 1.63. The number of hydrogen-bond donors (Lipinski definition) is 2. The van der Waals surface area contributed by atoms with Crippen molar-refractivity contribution in [3.8, 4) is 6.07 Å². The van der Waals surface area contributed by atoms with Crippen molar-refractivity contribution in [2.45, 2.75) is 24.3 Å². The molecule has 31 heavy (non-hydrogen) atoms. The first-order valence-corrected chi connectivity index (χ1v) is 11.4. The smallest absolute Gasteiger partial charge is 0.251 e. The summed E-state index contributed by atoms with van der Waals surface area (Å²) in [5.41, 5.74) is 1.44. The fourth-order valence-corrected chi connectivity index (χ4v) is 5.19. The summed E-state index contributed by atoms with van der Waals surface area (Å²) >= 11 is 0. The molecule has 1 aliphatic rings. The summed E-state index contributed by atoms with van der Waals surface area (Å²) in [6.07, 6.45) is 0.802. The first-order valence-electron chi connectivity index (χ1n) is 9.95. The van der Waals surface area contributed by atoms with E-state index < -0.39 is 10.0 Å². The monoisotopic (exact) mass is 440 g/mol. The highest BCUT2D eigenvalue weighted by Crippen LogP contribution is 2.25. The normalized spacial score (nSPS) is 15.1. The summed E-state index contributed by atoms with van der Waals surface area (Å²) in [7, 11) is -2.23. The molecule has 2 N–H and O–H groups in total. The van der Waals surface area contributed by atoms with Gasteiger partial charge in [0.05, 0.1) is 10.5 Å². The van der Waals surface area contributed by atoms with Gasteiger partial charge in [0.1, 0.15) is 6.07 Å². The number of carbonyl (C=O) groups excluding carboxylic acids is 2. The van der Waals surface area contributed by atoms with Crippen molar-refractivity contribution in [3.63, 3.8) is 0 Å². The lowest BCUT2D eigenvalue weighted by Gasteiger charge is -2.30. The largest absolute Gasteiger partial charge is 0.355 e. The summed E-state index contributed by atoms with van der Waals surface area (Å²) in [5.74, 6) is -0.626. The number of carbonyl (C=O) groups is 2. The van der Waals surface area contributed by atoms with Gasteiger partial charge in [0.15, 0.2) is 0 Å². The fourth-order valence-electron chi connectivity index (χ4n) is 3.58. The molecule has 8 nitrogen and oxygen atoms in total. The Labute approximate surface area is 181 Å². The topological polar surface area (TPSA) is 119 Å². The molecule has 1 heterocycles. The number of nitrogens with zero attached hydrogens (tertiary/aromatic N) is 2. The van der Waals surface area contributed by atoms with Gasteiger partial charge < -0.3 is 10.6 Å². The third kappa shape index (κ3) is 5.10. The van der Waals surface area contributed by atoms with Crippen LogP contribution in [-0.4, -0.2) is 44.7 Å². The van der Waals surface area contributed by atoms with Crippen molar-refractivity contribution in [1.82, 2.24) is 14.9 Å².